The van der Waals surface area contributed by atoms with Gasteiger partial charge < -0.3 is 0 Å². The van der Waals surface area contributed by atoms with Crippen molar-refractivity contribution in [1.82, 2.24) is 0 Å². The van der Waals surface area contributed by atoms with E-state index in [1.54, 1.807) is 5.57 Å². The van der Waals surface area contributed by atoms with E-state index in [0.717, 1.165) is 18.3 Å². The minimum Gasteiger partial charge on any atom is -0.0619 e. The average Bonchev–Trinajstić information content (AvgIpc) is 2.95. The largest absolute Gasteiger partial charge is 0.0619 e. The number of hydrogen-bond acceptors (Lipinski definition) is 0. The summed E-state index contributed by atoms with van der Waals surface area (Å²) >= 11 is 0. The van der Waals surface area contributed by atoms with Crippen LogP contribution in [0.3, 0.4) is 0 Å². The van der Waals surface area contributed by atoms with Crippen molar-refractivity contribution in [2.75, 3.05) is 0 Å². The van der Waals surface area contributed by atoms with Crippen LogP contribution in [0.1, 0.15) is 30.4 Å². The van der Waals surface area contributed by atoms with Gasteiger partial charge in [-0.15, -0.1) is 0 Å². The van der Waals surface area contributed by atoms with Gasteiger partial charge in [0.05, 0.1) is 0 Å². The third-order valence-corrected chi connectivity index (χ3v) is 4.02. The predicted molar refractivity (Wildman–Crippen MR) is 68.6 cm³/mol. The van der Waals surface area contributed by atoms with Gasteiger partial charge in [-0.25, -0.2) is 0 Å². The van der Waals surface area contributed by atoms with Gasteiger partial charge in [-0.1, -0.05) is 49.3 Å². The Morgan fingerprint density at radius 3 is 2.88 bits per heavy atom. The molecule has 0 saturated heterocycles. The SMILES string of the molecule is [CH2]CC1C[CH]C(C2=Cc3ccccc3C2)C1. The lowest BCUT2D eigenvalue weighted by Crippen LogP contribution is -2.00. The van der Waals surface area contributed by atoms with Crippen molar-refractivity contribution < 1.29 is 0 Å². The molecule has 1 aromatic rings. The van der Waals surface area contributed by atoms with Crippen LogP contribution in [0.2, 0.25) is 0 Å². The first-order chi connectivity index (χ1) is 7.86. The van der Waals surface area contributed by atoms with Crippen molar-refractivity contribution in [3.8, 4) is 0 Å². The van der Waals surface area contributed by atoms with Crippen LogP contribution in [0.4, 0.5) is 0 Å². The summed E-state index contributed by atoms with van der Waals surface area (Å²) in [6, 6.07) is 8.77. The van der Waals surface area contributed by atoms with E-state index in [9.17, 15) is 0 Å². The molecule has 0 N–H and O–H groups in total. The predicted octanol–water partition coefficient (Wildman–Crippen LogP) is 4.08. The second kappa shape index (κ2) is 4.08. The van der Waals surface area contributed by atoms with E-state index < -0.39 is 0 Å². The second-order valence-electron chi connectivity index (χ2n) is 5.06. The molecule has 2 atom stereocenters. The highest BCUT2D eigenvalue weighted by atomic mass is 14.3. The fraction of sp³-hybridized carbons (Fsp3) is 0.375. The van der Waals surface area contributed by atoms with Gasteiger partial charge >= 0.3 is 0 Å². The molecule has 3 rings (SSSR count). The molecule has 0 aliphatic heterocycles. The normalized spacial score (nSPS) is 27.9. The van der Waals surface area contributed by atoms with E-state index in [1.165, 1.54) is 30.4 Å². The molecule has 82 valence electrons. The standard InChI is InChI=1S/C16H18/c1-2-12-7-8-15(9-12)16-10-13-5-3-4-6-14(13)11-16/h3-6,8,10,12,15H,1-2,7,9,11H2. The molecule has 0 aromatic heterocycles. The van der Waals surface area contributed by atoms with Gasteiger partial charge in [-0.05, 0) is 48.6 Å². The number of benzene rings is 1. The minimum atomic E-state index is 0.721. The van der Waals surface area contributed by atoms with Gasteiger partial charge in [-0.3, -0.25) is 0 Å². The molecule has 0 heterocycles. The summed E-state index contributed by atoms with van der Waals surface area (Å²) in [6.07, 6.45) is 9.76. The van der Waals surface area contributed by atoms with Gasteiger partial charge in [-0.2, -0.15) is 0 Å². The molecule has 0 amide bonds. The first-order valence-electron chi connectivity index (χ1n) is 6.28. The zero-order chi connectivity index (χ0) is 11.0. The molecular formula is C16H18. The first kappa shape index (κ1) is 10.1. The maximum Gasteiger partial charge on any atom is -0.00549 e. The van der Waals surface area contributed by atoms with Crippen LogP contribution in [0, 0.1) is 25.2 Å². The van der Waals surface area contributed by atoms with Crippen LogP contribution in [0.5, 0.6) is 0 Å². The van der Waals surface area contributed by atoms with Crippen molar-refractivity contribution in [3.63, 3.8) is 0 Å². The zero-order valence-electron chi connectivity index (χ0n) is 9.65. The van der Waals surface area contributed by atoms with Crippen LogP contribution < -0.4 is 0 Å². The Morgan fingerprint density at radius 2 is 2.12 bits per heavy atom. The lowest BCUT2D eigenvalue weighted by atomic mass is 9.94. The quantitative estimate of drug-likeness (QED) is 0.690. The molecule has 1 aromatic carbocycles. The Balaban J connectivity index is 1.76. The molecule has 1 saturated carbocycles. The van der Waals surface area contributed by atoms with Crippen molar-refractivity contribution in [1.29, 1.82) is 0 Å². The van der Waals surface area contributed by atoms with Gasteiger partial charge in [0.25, 0.3) is 0 Å². The average molecular weight is 210 g/mol. The van der Waals surface area contributed by atoms with E-state index in [-0.39, 0.29) is 0 Å². The van der Waals surface area contributed by atoms with Gasteiger partial charge in [0, 0.05) is 0 Å². The molecule has 2 radical (unpaired) electrons. The topological polar surface area (TPSA) is 0 Å². The fourth-order valence-electron chi connectivity index (χ4n) is 2.99. The van der Waals surface area contributed by atoms with Crippen molar-refractivity contribution >= 4 is 6.08 Å². The molecule has 2 unspecified atom stereocenters. The third-order valence-electron chi connectivity index (χ3n) is 4.02. The Labute approximate surface area is 98.4 Å². The van der Waals surface area contributed by atoms with Crippen LogP contribution in [-0.4, -0.2) is 0 Å². The maximum atomic E-state index is 4.03. The number of fused-ring (bicyclic) bond motifs is 1. The highest BCUT2D eigenvalue weighted by Gasteiger charge is 2.28. The second-order valence-corrected chi connectivity index (χ2v) is 5.06. The Bertz CT molecular complexity index is 414. The summed E-state index contributed by atoms with van der Waals surface area (Å²) in [5, 5.41) is 0. The molecule has 1 fully saturated rings. The molecular weight excluding hydrogens is 192 g/mol. The summed E-state index contributed by atoms with van der Waals surface area (Å²) in [4.78, 5) is 0. The van der Waals surface area contributed by atoms with E-state index in [0.29, 0.717) is 0 Å². The van der Waals surface area contributed by atoms with Crippen LogP contribution >= 0.6 is 0 Å². The minimum absolute atomic E-state index is 0.721. The summed E-state index contributed by atoms with van der Waals surface area (Å²) in [5.74, 6) is 1.55. The Morgan fingerprint density at radius 1 is 1.25 bits per heavy atom. The van der Waals surface area contributed by atoms with E-state index in [2.05, 4.69) is 43.7 Å². The van der Waals surface area contributed by atoms with E-state index >= 15 is 0 Å². The number of allylic oxidation sites excluding steroid dienone is 1. The van der Waals surface area contributed by atoms with Crippen LogP contribution in [-0.2, 0) is 6.42 Å². The molecule has 0 bridgehead atoms. The Hall–Kier alpha value is -1.04. The molecule has 2 aliphatic carbocycles. The molecule has 0 nitrogen and oxygen atoms in total. The summed E-state index contributed by atoms with van der Waals surface area (Å²) in [7, 11) is 0. The van der Waals surface area contributed by atoms with Crippen LogP contribution in [0.15, 0.2) is 29.8 Å². The molecule has 0 heteroatoms. The molecule has 2 aliphatic rings. The maximum absolute atomic E-state index is 4.03. The highest BCUT2D eigenvalue weighted by Crippen LogP contribution is 2.40. The van der Waals surface area contributed by atoms with Crippen molar-refractivity contribution in [2.24, 2.45) is 11.8 Å². The number of rotatable bonds is 2. The molecule has 16 heavy (non-hydrogen) atoms. The zero-order valence-corrected chi connectivity index (χ0v) is 9.65. The lowest BCUT2D eigenvalue weighted by molar-refractivity contribution is 0.529. The lowest BCUT2D eigenvalue weighted by Gasteiger charge is -2.11. The fourth-order valence-corrected chi connectivity index (χ4v) is 2.99. The summed E-state index contributed by atoms with van der Waals surface area (Å²) in [6.45, 7) is 4.03. The molecule has 0 spiro atoms. The van der Waals surface area contributed by atoms with Crippen LogP contribution in [0.25, 0.3) is 6.08 Å². The summed E-state index contributed by atoms with van der Waals surface area (Å²) < 4.78 is 0. The van der Waals surface area contributed by atoms with Gasteiger partial charge in [0.1, 0.15) is 0 Å². The monoisotopic (exact) mass is 210 g/mol. The third kappa shape index (κ3) is 1.71. The summed E-state index contributed by atoms with van der Waals surface area (Å²) in [5.41, 5.74) is 4.56. The van der Waals surface area contributed by atoms with Crippen molar-refractivity contribution in [2.45, 2.75) is 25.7 Å². The van der Waals surface area contributed by atoms with E-state index in [1.807, 2.05) is 0 Å². The first-order valence-corrected chi connectivity index (χ1v) is 6.28. The van der Waals surface area contributed by atoms with Crippen molar-refractivity contribution in [3.05, 3.63) is 54.3 Å². The van der Waals surface area contributed by atoms with Gasteiger partial charge in [0.2, 0.25) is 0 Å². The highest BCUT2D eigenvalue weighted by molar-refractivity contribution is 5.64. The number of hydrogen-bond donors (Lipinski definition) is 0. The smallest absolute Gasteiger partial charge is 0.00549 e. The van der Waals surface area contributed by atoms with Gasteiger partial charge in [0.15, 0.2) is 0 Å². The Kier molecular flexibility index (Phi) is 2.59. The van der Waals surface area contributed by atoms with E-state index in [4.69, 9.17) is 0 Å².